The lowest BCUT2D eigenvalue weighted by atomic mass is 9.82. The van der Waals surface area contributed by atoms with E-state index < -0.39 is 0 Å². The van der Waals surface area contributed by atoms with Crippen molar-refractivity contribution in [2.24, 2.45) is 11.8 Å². The molecule has 3 rings (SSSR count). The van der Waals surface area contributed by atoms with Crippen LogP contribution in [-0.2, 0) is 0 Å². The minimum Gasteiger partial charge on any atom is -0.315 e. The molecule has 1 heterocycles. The van der Waals surface area contributed by atoms with Gasteiger partial charge in [-0.25, -0.2) is 0 Å². The number of likely N-dealkylation sites (N-methyl/N-ethyl adjacent to an activating group) is 1. The molecule has 16 heavy (non-hydrogen) atoms. The first-order valence-electron chi connectivity index (χ1n) is 7.27. The summed E-state index contributed by atoms with van der Waals surface area (Å²) in [5.74, 6) is 2.20. The van der Waals surface area contributed by atoms with Crippen molar-refractivity contribution in [2.75, 3.05) is 20.1 Å². The normalized spacial score (nSPS) is 40.5. The molecule has 0 aromatic carbocycles. The topological polar surface area (TPSA) is 15.3 Å². The van der Waals surface area contributed by atoms with Crippen molar-refractivity contribution in [2.45, 2.75) is 57.0 Å². The SMILES string of the molecule is CN(C1CCNC1)C1CCCC(C2CC2)C1. The zero-order valence-electron chi connectivity index (χ0n) is 10.6. The fourth-order valence-electron chi connectivity index (χ4n) is 3.85. The van der Waals surface area contributed by atoms with Gasteiger partial charge >= 0.3 is 0 Å². The zero-order chi connectivity index (χ0) is 11.0. The Balaban J connectivity index is 1.55. The van der Waals surface area contributed by atoms with E-state index in [9.17, 15) is 0 Å². The molecule has 3 unspecified atom stereocenters. The third kappa shape index (κ3) is 2.28. The number of nitrogens with zero attached hydrogens (tertiary/aromatic N) is 1. The van der Waals surface area contributed by atoms with E-state index in [0.717, 1.165) is 23.9 Å². The smallest absolute Gasteiger partial charge is 0.0232 e. The monoisotopic (exact) mass is 222 g/mol. The molecule has 1 saturated heterocycles. The Kier molecular flexibility index (Phi) is 3.21. The summed E-state index contributed by atoms with van der Waals surface area (Å²) in [6.07, 6.45) is 10.4. The third-order valence-corrected chi connectivity index (χ3v) is 5.16. The van der Waals surface area contributed by atoms with Gasteiger partial charge < -0.3 is 5.32 Å². The molecule has 3 aliphatic rings. The highest BCUT2D eigenvalue weighted by Crippen LogP contribution is 2.44. The van der Waals surface area contributed by atoms with Crippen LogP contribution in [-0.4, -0.2) is 37.1 Å². The van der Waals surface area contributed by atoms with Crippen LogP contribution in [0.3, 0.4) is 0 Å². The number of rotatable bonds is 3. The van der Waals surface area contributed by atoms with Gasteiger partial charge in [-0.1, -0.05) is 12.8 Å². The summed E-state index contributed by atoms with van der Waals surface area (Å²) in [5, 5.41) is 3.50. The van der Waals surface area contributed by atoms with Crippen LogP contribution < -0.4 is 5.32 Å². The third-order valence-electron chi connectivity index (χ3n) is 5.16. The predicted octanol–water partition coefficient (Wildman–Crippen LogP) is 2.25. The van der Waals surface area contributed by atoms with Gasteiger partial charge in [0.25, 0.3) is 0 Å². The summed E-state index contributed by atoms with van der Waals surface area (Å²) in [6.45, 7) is 2.45. The van der Waals surface area contributed by atoms with Crippen molar-refractivity contribution in [3.63, 3.8) is 0 Å². The minimum atomic E-state index is 0.822. The van der Waals surface area contributed by atoms with Crippen LogP contribution in [0, 0.1) is 11.8 Å². The van der Waals surface area contributed by atoms with Crippen LogP contribution in [0.25, 0.3) is 0 Å². The molecule has 0 aromatic rings. The summed E-state index contributed by atoms with van der Waals surface area (Å²) in [6, 6.07) is 1.72. The quantitative estimate of drug-likeness (QED) is 0.788. The van der Waals surface area contributed by atoms with Gasteiger partial charge in [0.1, 0.15) is 0 Å². The standard InChI is InChI=1S/C14H26N2/c1-16(14-7-8-15-10-14)13-4-2-3-12(9-13)11-5-6-11/h11-15H,2-10H2,1H3. The second kappa shape index (κ2) is 4.66. The molecule has 1 aliphatic heterocycles. The van der Waals surface area contributed by atoms with Crippen molar-refractivity contribution < 1.29 is 0 Å². The molecule has 1 N–H and O–H groups in total. The molecule has 0 radical (unpaired) electrons. The van der Waals surface area contributed by atoms with Gasteiger partial charge in [0.2, 0.25) is 0 Å². The molecule has 92 valence electrons. The summed E-state index contributed by atoms with van der Waals surface area (Å²) in [4.78, 5) is 2.70. The van der Waals surface area contributed by atoms with Crippen LogP contribution in [0.5, 0.6) is 0 Å². The Bertz CT molecular complexity index is 231. The summed E-state index contributed by atoms with van der Waals surface area (Å²) < 4.78 is 0. The van der Waals surface area contributed by atoms with Gasteiger partial charge in [-0.05, 0) is 57.5 Å². The average Bonchev–Trinajstić information content (AvgIpc) is 3.04. The van der Waals surface area contributed by atoms with E-state index in [1.54, 1.807) is 0 Å². The first kappa shape index (κ1) is 11.0. The molecular weight excluding hydrogens is 196 g/mol. The van der Waals surface area contributed by atoms with Gasteiger partial charge in [0.15, 0.2) is 0 Å². The van der Waals surface area contributed by atoms with Crippen LogP contribution >= 0.6 is 0 Å². The molecule has 2 nitrogen and oxygen atoms in total. The van der Waals surface area contributed by atoms with Crippen LogP contribution in [0.1, 0.15) is 44.9 Å². The lowest BCUT2D eigenvalue weighted by Crippen LogP contribution is -2.43. The van der Waals surface area contributed by atoms with E-state index in [-0.39, 0.29) is 0 Å². The van der Waals surface area contributed by atoms with Gasteiger partial charge in [-0.15, -0.1) is 0 Å². The van der Waals surface area contributed by atoms with Gasteiger partial charge in [-0.2, -0.15) is 0 Å². The maximum atomic E-state index is 3.50. The molecule has 0 aromatic heterocycles. The minimum absolute atomic E-state index is 0.822. The summed E-state index contributed by atoms with van der Waals surface area (Å²) >= 11 is 0. The molecule has 0 bridgehead atoms. The molecule has 2 heteroatoms. The highest BCUT2D eigenvalue weighted by molar-refractivity contribution is 4.91. The van der Waals surface area contributed by atoms with Crippen molar-refractivity contribution in [3.05, 3.63) is 0 Å². The molecule has 0 amide bonds. The Morgan fingerprint density at radius 1 is 0.938 bits per heavy atom. The summed E-state index contributed by atoms with van der Waals surface area (Å²) in [7, 11) is 2.37. The molecule has 2 aliphatic carbocycles. The van der Waals surface area contributed by atoms with E-state index in [1.165, 1.54) is 58.0 Å². The van der Waals surface area contributed by atoms with Gasteiger partial charge in [-0.3, -0.25) is 4.90 Å². The highest BCUT2D eigenvalue weighted by atomic mass is 15.2. The number of nitrogens with one attached hydrogen (secondary N) is 1. The maximum Gasteiger partial charge on any atom is 0.0232 e. The van der Waals surface area contributed by atoms with Crippen molar-refractivity contribution in [1.29, 1.82) is 0 Å². The second-order valence-corrected chi connectivity index (χ2v) is 6.23. The van der Waals surface area contributed by atoms with Crippen LogP contribution in [0.2, 0.25) is 0 Å². The molecule has 3 atom stereocenters. The first-order chi connectivity index (χ1) is 7.84. The van der Waals surface area contributed by atoms with Crippen molar-refractivity contribution in [1.82, 2.24) is 10.2 Å². The van der Waals surface area contributed by atoms with E-state index in [1.807, 2.05) is 0 Å². The fourth-order valence-corrected chi connectivity index (χ4v) is 3.85. The largest absolute Gasteiger partial charge is 0.315 e. The van der Waals surface area contributed by atoms with Crippen molar-refractivity contribution >= 4 is 0 Å². The van der Waals surface area contributed by atoms with Crippen LogP contribution in [0.15, 0.2) is 0 Å². The van der Waals surface area contributed by atoms with E-state index in [4.69, 9.17) is 0 Å². The zero-order valence-corrected chi connectivity index (χ0v) is 10.6. The van der Waals surface area contributed by atoms with E-state index in [0.29, 0.717) is 0 Å². The number of hydrogen-bond acceptors (Lipinski definition) is 2. The predicted molar refractivity (Wildman–Crippen MR) is 67.5 cm³/mol. The van der Waals surface area contributed by atoms with Crippen LogP contribution in [0.4, 0.5) is 0 Å². The molecule has 2 saturated carbocycles. The van der Waals surface area contributed by atoms with E-state index >= 15 is 0 Å². The Labute approximate surface area is 99.8 Å². The van der Waals surface area contributed by atoms with Crippen molar-refractivity contribution in [3.8, 4) is 0 Å². The fraction of sp³-hybridized carbons (Fsp3) is 1.00. The lowest BCUT2D eigenvalue weighted by Gasteiger charge is -2.38. The summed E-state index contributed by atoms with van der Waals surface area (Å²) in [5.41, 5.74) is 0. The first-order valence-corrected chi connectivity index (χ1v) is 7.27. The maximum absolute atomic E-state index is 3.50. The average molecular weight is 222 g/mol. The van der Waals surface area contributed by atoms with Gasteiger partial charge in [0.05, 0.1) is 0 Å². The molecular formula is C14H26N2. The highest BCUT2D eigenvalue weighted by Gasteiger charge is 2.37. The number of hydrogen-bond donors (Lipinski definition) is 1. The van der Waals surface area contributed by atoms with E-state index in [2.05, 4.69) is 17.3 Å². The lowest BCUT2D eigenvalue weighted by molar-refractivity contribution is 0.115. The Morgan fingerprint density at radius 3 is 2.50 bits per heavy atom. The second-order valence-electron chi connectivity index (χ2n) is 6.23. The molecule has 3 fully saturated rings. The van der Waals surface area contributed by atoms with Gasteiger partial charge in [0, 0.05) is 18.6 Å². The Morgan fingerprint density at radius 2 is 1.81 bits per heavy atom. The Hall–Kier alpha value is -0.0800. The molecule has 0 spiro atoms.